The van der Waals surface area contributed by atoms with Crippen molar-refractivity contribution in [1.82, 2.24) is 10.1 Å². The van der Waals surface area contributed by atoms with E-state index >= 15 is 0 Å². The Morgan fingerprint density at radius 1 is 1.32 bits per heavy atom. The van der Waals surface area contributed by atoms with Crippen molar-refractivity contribution in [2.45, 2.75) is 20.0 Å². The second-order valence-corrected chi connectivity index (χ2v) is 6.30. The highest BCUT2D eigenvalue weighted by molar-refractivity contribution is 6.33. The number of ether oxygens (including phenoxy) is 1. The largest absolute Gasteiger partial charge is 0.449 e. The molecule has 2 aromatic carbocycles. The quantitative estimate of drug-likeness (QED) is 0.345. The van der Waals surface area contributed by atoms with Crippen LogP contribution >= 0.6 is 11.6 Å². The molecular formula is C18H13ClFN3O5. The van der Waals surface area contributed by atoms with Crippen LogP contribution in [-0.4, -0.2) is 21.0 Å². The molecule has 0 aliphatic heterocycles. The first kappa shape index (κ1) is 19.4. The molecule has 1 aromatic heterocycles. The van der Waals surface area contributed by atoms with E-state index in [1.807, 2.05) is 0 Å². The van der Waals surface area contributed by atoms with Crippen LogP contribution in [0.15, 0.2) is 40.9 Å². The Hall–Kier alpha value is -3.33. The Labute approximate surface area is 163 Å². The fraction of sp³-hybridized carbons (Fsp3) is 0.167. The first-order valence-electron chi connectivity index (χ1n) is 8.01. The van der Waals surface area contributed by atoms with E-state index in [1.165, 1.54) is 25.1 Å². The molecule has 0 bridgehead atoms. The number of esters is 1. The number of nitro benzene ring substituents is 1. The summed E-state index contributed by atoms with van der Waals surface area (Å²) in [5, 5.41) is 14.6. The molecule has 10 heteroatoms. The van der Waals surface area contributed by atoms with Gasteiger partial charge in [-0.05, 0) is 31.5 Å². The van der Waals surface area contributed by atoms with Gasteiger partial charge in [0, 0.05) is 17.7 Å². The van der Waals surface area contributed by atoms with Gasteiger partial charge in [-0.15, -0.1) is 0 Å². The van der Waals surface area contributed by atoms with E-state index in [0.29, 0.717) is 11.1 Å². The van der Waals surface area contributed by atoms with Gasteiger partial charge in [0.25, 0.3) is 11.6 Å². The van der Waals surface area contributed by atoms with Crippen LogP contribution in [0.5, 0.6) is 0 Å². The molecular weight excluding hydrogens is 393 g/mol. The summed E-state index contributed by atoms with van der Waals surface area (Å²) in [6.45, 7) is 3.11. The van der Waals surface area contributed by atoms with Gasteiger partial charge in [0.05, 0.1) is 15.5 Å². The average molecular weight is 406 g/mol. The van der Waals surface area contributed by atoms with Crippen molar-refractivity contribution in [2.75, 3.05) is 0 Å². The lowest BCUT2D eigenvalue weighted by Crippen LogP contribution is -2.10. The second-order valence-electron chi connectivity index (χ2n) is 5.89. The number of aromatic nitrogens is 2. The van der Waals surface area contributed by atoms with Gasteiger partial charge in [-0.2, -0.15) is 4.98 Å². The minimum Gasteiger partial charge on any atom is -0.449 e. The van der Waals surface area contributed by atoms with Crippen LogP contribution in [0.25, 0.3) is 11.4 Å². The van der Waals surface area contributed by atoms with Gasteiger partial charge in [-0.25, -0.2) is 9.18 Å². The zero-order valence-electron chi connectivity index (χ0n) is 14.7. The summed E-state index contributed by atoms with van der Waals surface area (Å²) in [5.74, 6) is -1.19. The van der Waals surface area contributed by atoms with Gasteiger partial charge >= 0.3 is 5.97 Å². The van der Waals surface area contributed by atoms with Crippen molar-refractivity contribution in [2.24, 2.45) is 0 Å². The number of benzene rings is 2. The van der Waals surface area contributed by atoms with Gasteiger partial charge in [0.15, 0.2) is 6.10 Å². The predicted octanol–water partition coefficient (Wildman–Crippen LogP) is 4.66. The van der Waals surface area contributed by atoms with Gasteiger partial charge in [0.2, 0.25) is 5.82 Å². The lowest BCUT2D eigenvalue weighted by Gasteiger charge is -2.10. The number of hydrogen-bond acceptors (Lipinski definition) is 7. The van der Waals surface area contributed by atoms with Crippen molar-refractivity contribution in [3.8, 4) is 11.4 Å². The fourth-order valence-corrected chi connectivity index (χ4v) is 2.50. The molecule has 1 heterocycles. The molecule has 28 heavy (non-hydrogen) atoms. The van der Waals surface area contributed by atoms with Crippen molar-refractivity contribution in [1.29, 1.82) is 0 Å². The molecule has 0 saturated carbocycles. The Balaban J connectivity index is 1.78. The first-order chi connectivity index (χ1) is 13.3. The molecule has 8 nitrogen and oxygen atoms in total. The van der Waals surface area contributed by atoms with Gasteiger partial charge in [-0.3, -0.25) is 10.1 Å². The molecule has 0 saturated heterocycles. The Morgan fingerprint density at radius 2 is 2.07 bits per heavy atom. The fourth-order valence-electron chi connectivity index (χ4n) is 2.31. The molecule has 0 radical (unpaired) electrons. The topological polar surface area (TPSA) is 108 Å². The minimum absolute atomic E-state index is 0.00384. The maximum absolute atomic E-state index is 13.7. The summed E-state index contributed by atoms with van der Waals surface area (Å²) in [4.78, 5) is 26.6. The number of nitrogens with zero attached hydrogens (tertiary/aromatic N) is 3. The third-order valence-corrected chi connectivity index (χ3v) is 4.21. The molecule has 0 fully saturated rings. The Morgan fingerprint density at radius 3 is 2.75 bits per heavy atom. The number of aryl methyl sites for hydroxylation is 1. The highest BCUT2D eigenvalue weighted by Gasteiger charge is 2.23. The molecule has 3 aromatic rings. The molecule has 0 amide bonds. The maximum Gasteiger partial charge on any atom is 0.340 e. The number of rotatable bonds is 5. The van der Waals surface area contributed by atoms with Crippen LogP contribution in [0.1, 0.15) is 34.8 Å². The maximum atomic E-state index is 13.7. The third-order valence-electron chi connectivity index (χ3n) is 3.88. The van der Waals surface area contributed by atoms with E-state index in [-0.39, 0.29) is 28.0 Å². The number of non-ortho nitro benzene ring substituents is 1. The van der Waals surface area contributed by atoms with E-state index in [1.54, 1.807) is 19.1 Å². The molecule has 3 rings (SSSR count). The van der Waals surface area contributed by atoms with E-state index in [0.717, 1.165) is 6.07 Å². The standard InChI is InChI=1S/C18H13ClFN3O5/c1-9-3-4-11(7-15(9)20)16-21-17(28-22-16)10(2)27-18(24)13-8-12(23(25)26)5-6-14(13)19/h3-8,10H,1-2H3. The molecule has 0 aliphatic rings. The highest BCUT2D eigenvalue weighted by atomic mass is 35.5. The Kier molecular flexibility index (Phi) is 5.36. The summed E-state index contributed by atoms with van der Waals surface area (Å²) in [6.07, 6.45) is -0.959. The van der Waals surface area contributed by atoms with Crippen molar-refractivity contribution in [3.05, 3.63) is 74.4 Å². The lowest BCUT2D eigenvalue weighted by atomic mass is 10.1. The van der Waals surface area contributed by atoms with Crippen molar-refractivity contribution in [3.63, 3.8) is 0 Å². The number of carbonyl (C=O) groups is 1. The van der Waals surface area contributed by atoms with Crippen LogP contribution in [0.2, 0.25) is 5.02 Å². The summed E-state index contributed by atoms with van der Waals surface area (Å²) in [5.41, 5.74) is 0.412. The van der Waals surface area contributed by atoms with E-state index < -0.39 is 22.8 Å². The minimum atomic E-state index is -0.959. The van der Waals surface area contributed by atoms with Gasteiger partial charge in [0.1, 0.15) is 5.82 Å². The van der Waals surface area contributed by atoms with E-state index in [9.17, 15) is 19.3 Å². The van der Waals surface area contributed by atoms with Gasteiger partial charge in [-0.1, -0.05) is 28.9 Å². The van der Waals surface area contributed by atoms with Crippen LogP contribution in [-0.2, 0) is 4.74 Å². The van der Waals surface area contributed by atoms with Crippen molar-refractivity contribution >= 4 is 23.3 Å². The number of carbonyl (C=O) groups excluding carboxylic acids is 1. The SMILES string of the molecule is Cc1ccc(-c2noc(C(C)OC(=O)c3cc([N+](=O)[O-])ccc3Cl)n2)cc1F. The molecule has 1 atom stereocenters. The normalized spacial score (nSPS) is 11.9. The summed E-state index contributed by atoms with van der Waals surface area (Å²) in [6, 6.07) is 7.90. The van der Waals surface area contributed by atoms with Crippen LogP contribution in [0.4, 0.5) is 10.1 Å². The summed E-state index contributed by atoms with van der Waals surface area (Å²) in [7, 11) is 0. The molecule has 0 spiro atoms. The smallest absolute Gasteiger partial charge is 0.340 e. The molecule has 1 unspecified atom stereocenters. The zero-order valence-corrected chi connectivity index (χ0v) is 15.4. The van der Waals surface area contributed by atoms with E-state index in [4.69, 9.17) is 20.9 Å². The van der Waals surface area contributed by atoms with Crippen molar-refractivity contribution < 1.29 is 23.4 Å². The Bertz CT molecular complexity index is 1070. The summed E-state index contributed by atoms with van der Waals surface area (Å²) >= 11 is 5.93. The number of nitro groups is 1. The molecule has 144 valence electrons. The van der Waals surface area contributed by atoms with Crippen LogP contribution < -0.4 is 0 Å². The van der Waals surface area contributed by atoms with Gasteiger partial charge < -0.3 is 9.26 Å². The van der Waals surface area contributed by atoms with E-state index in [2.05, 4.69) is 10.1 Å². The lowest BCUT2D eigenvalue weighted by molar-refractivity contribution is -0.384. The predicted molar refractivity (Wildman–Crippen MR) is 96.4 cm³/mol. The average Bonchev–Trinajstić information content (AvgIpc) is 3.14. The number of halogens is 2. The highest BCUT2D eigenvalue weighted by Crippen LogP contribution is 2.26. The molecule has 0 aliphatic carbocycles. The van der Waals surface area contributed by atoms with Crippen LogP contribution in [0, 0.1) is 22.9 Å². The zero-order chi connectivity index (χ0) is 20.4. The first-order valence-corrected chi connectivity index (χ1v) is 8.39. The molecule has 0 N–H and O–H groups in total. The third kappa shape index (κ3) is 3.99. The van der Waals surface area contributed by atoms with Crippen LogP contribution in [0.3, 0.4) is 0 Å². The monoisotopic (exact) mass is 405 g/mol. The summed E-state index contributed by atoms with van der Waals surface area (Å²) < 4.78 is 24.0. The second kappa shape index (κ2) is 7.73. The number of hydrogen-bond donors (Lipinski definition) is 0.